The molecule has 0 N–H and O–H groups in total. The highest BCUT2D eigenvalue weighted by molar-refractivity contribution is 7.85. The lowest BCUT2D eigenvalue weighted by Gasteiger charge is -2.13. The Morgan fingerprint density at radius 3 is 2.76 bits per heavy atom. The first kappa shape index (κ1) is 12.2. The molecule has 0 saturated heterocycles. The van der Waals surface area contributed by atoms with E-state index in [9.17, 15) is 13.0 Å². The van der Waals surface area contributed by atoms with Crippen molar-refractivity contribution < 1.29 is 13.0 Å². The molecule has 90 valence electrons. The highest BCUT2D eigenvalue weighted by Gasteiger charge is 2.33. The van der Waals surface area contributed by atoms with Crippen LogP contribution in [0.4, 0.5) is 8.78 Å². The molecule has 0 bridgehead atoms. The molecule has 1 aliphatic carbocycles. The fourth-order valence-corrected chi connectivity index (χ4v) is 3.79. The zero-order valence-corrected chi connectivity index (χ0v) is 9.84. The quantitative estimate of drug-likeness (QED) is 0.815. The van der Waals surface area contributed by atoms with Crippen molar-refractivity contribution >= 4 is 10.8 Å². The van der Waals surface area contributed by atoms with Gasteiger partial charge in [0.15, 0.2) is 0 Å². The number of nitriles is 1. The van der Waals surface area contributed by atoms with Gasteiger partial charge in [0.1, 0.15) is 11.6 Å². The molecule has 0 amide bonds. The first-order valence-corrected chi connectivity index (χ1v) is 6.60. The minimum absolute atomic E-state index is 0.00134. The summed E-state index contributed by atoms with van der Waals surface area (Å²) in [6.07, 6.45) is 2.19. The molecule has 1 fully saturated rings. The van der Waals surface area contributed by atoms with Crippen molar-refractivity contribution in [1.82, 2.24) is 0 Å². The molecule has 3 atom stereocenters. The number of rotatable bonds is 2. The third kappa shape index (κ3) is 2.37. The first-order valence-electron chi connectivity index (χ1n) is 5.38. The van der Waals surface area contributed by atoms with Crippen LogP contribution in [0, 0.1) is 28.9 Å². The Balaban J connectivity index is 2.28. The largest absolute Gasteiger partial charge is 0.254 e. The minimum atomic E-state index is -1.57. The molecule has 1 aromatic rings. The summed E-state index contributed by atoms with van der Waals surface area (Å²) in [7, 11) is -1.57. The van der Waals surface area contributed by atoms with E-state index < -0.39 is 22.4 Å². The SMILES string of the molecule is N#CC1CCCC1S(=O)c1ccc(F)cc1F. The van der Waals surface area contributed by atoms with Gasteiger partial charge in [-0.2, -0.15) is 5.26 Å². The first-order chi connectivity index (χ1) is 8.13. The predicted molar refractivity (Wildman–Crippen MR) is 59.5 cm³/mol. The van der Waals surface area contributed by atoms with Crippen molar-refractivity contribution in [2.45, 2.75) is 29.4 Å². The number of hydrogen-bond acceptors (Lipinski definition) is 2. The van der Waals surface area contributed by atoms with Crippen LogP contribution in [0.5, 0.6) is 0 Å². The lowest BCUT2D eigenvalue weighted by molar-refractivity contribution is 0.559. The third-order valence-electron chi connectivity index (χ3n) is 3.00. The highest BCUT2D eigenvalue weighted by atomic mass is 32.2. The van der Waals surface area contributed by atoms with E-state index in [-0.39, 0.29) is 16.1 Å². The van der Waals surface area contributed by atoms with Gasteiger partial charge in [0, 0.05) is 6.07 Å². The van der Waals surface area contributed by atoms with E-state index in [1.54, 1.807) is 0 Å². The molecule has 0 heterocycles. The third-order valence-corrected chi connectivity index (χ3v) is 4.88. The summed E-state index contributed by atoms with van der Waals surface area (Å²) < 4.78 is 38.4. The van der Waals surface area contributed by atoms with Crippen LogP contribution in [-0.2, 0) is 10.8 Å². The van der Waals surface area contributed by atoms with Crippen molar-refractivity contribution in [1.29, 1.82) is 5.26 Å². The van der Waals surface area contributed by atoms with Gasteiger partial charge in [-0.05, 0) is 25.0 Å². The van der Waals surface area contributed by atoms with E-state index in [4.69, 9.17) is 5.26 Å². The van der Waals surface area contributed by atoms with Crippen LogP contribution >= 0.6 is 0 Å². The molecular formula is C12H11F2NOS. The van der Waals surface area contributed by atoms with Crippen LogP contribution in [0.25, 0.3) is 0 Å². The number of hydrogen-bond donors (Lipinski definition) is 0. The minimum Gasteiger partial charge on any atom is -0.254 e. The van der Waals surface area contributed by atoms with Gasteiger partial charge in [0.05, 0.1) is 32.9 Å². The Morgan fingerprint density at radius 2 is 2.12 bits per heavy atom. The fourth-order valence-electron chi connectivity index (χ4n) is 2.13. The van der Waals surface area contributed by atoms with Gasteiger partial charge in [-0.3, -0.25) is 4.21 Å². The predicted octanol–water partition coefficient (Wildman–Crippen LogP) is 2.76. The monoisotopic (exact) mass is 255 g/mol. The summed E-state index contributed by atoms with van der Waals surface area (Å²) in [6, 6.07) is 5.12. The molecule has 17 heavy (non-hydrogen) atoms. The molecule has 2 rings (SSSR count). The average Bonchev–Trinajstić information content (AvgIpc) is 2.76. The summed E-state index contributed by atoms with van der Waals surface area (Å²) in [5.41, 5.74) is 0. The van der Waals surface area contributed by atoms with Gasteiger partial charge < -0.3 is 0 Å². The van der Waals surface area contributed by atoms with Crippen molar-refractivity contribution in [2.75, 3.05) is 0 Å². The van der Waals surface area contributed by atoms with E-state index in [0.29, 0.717) is 12.8 Å². The van der Waals surface area contributed by atoms with Crippen LogP contribution in [-0.4, -0.2) is 9.46 Å². The topological polar surface area (TPSA) is 40.9 Å². The van der Waals surface area contributed by atoms with E-state index in [1.165, 1.54) is 6.07 Å². The normalized spacial score (nSPS) is 25.5. The molecule has 1 saturated carbocycles. The molecule has 1 aliphatic rings. The van der Waals surface area contributed by atoms with Crippen LogP contribution in [0.1, 0.15) is 19.3 Å². The van der Waals surface area contributed by atoms with Crippen LogP contribution in [0.3, 0.4) is 0 Å². The Kier molecular flexibility index (Phi) is 3.53. The van der Waals surface area contributed by atoms with Crippen molar-refractivity contribution in [2.24, 2.45) is 5.92 Å². The van der Waals surface area contributed by atoms with E-state index >= 15 is 0 Å². The molecular weight excluding hydrogens is 244 g/mol. The second-order valence-corrected chi connectivity index (χ2v) is 5.72. The molecule has 3 unspecified atom stereocenters. The molecule has 5 heteroatoms. The Hall–Kier alpha value is -1.28. The number of halogens is 2. The maximum Gasteiger partial charge on any atom is 0.142 e. The van der Waals surface area contributed by atoms with E-state index in [1.807, 2.05) is 0 Å². The Bertz CT molecular complexity index is 498. The zero-order chi connectivity index (χ0) is 12.4. The Morgan fingerprint density at radius 1 is 1.35 bits per heavy atom. The lowest BCUT2D eigenvalue weighted by atomic mass is 10.1. The Labute approximate surface area is 101 Å². The summed E-state index contributed by atoms with van der Waals surface area (Å²) in [4.78, 5) is -0.00134. The zero-order valence-electron chi connectivity index (χ0n) is 9.03. The van der Waals surface area contributed by atoms with Crippen LogP contribution in [0.2, 0.25) is 0 Å². The summed E-state index contributed by atoms with van der Waals surface area (Å²) in [5, 5.41) is 8.57. The molecule has 1 aromatic carbocycles. The number of nitrogens with zero attached hydrogens (tertiary/aromatic N) is 1. The standard InChI is InChI=1S/C12H11F2NOS/c13-9-4-5-12(10(14)6-9)17(16)11-3-1-2-8(11)7-15/h4-6,8,11H,1-3H2. The number of benzene rings is 1. The van der Waals surface area contributed by atoms with Crippen molar-refractivity contribution in [3.05, 3.63) is 29.8 Å². The van der Waals surface area contributed by atoms with Gasteiger partial charge >= 0.3 is 0 Å². The molecule has 0 aliphatic heterocycles. The maximum atomic E-state index is 13.5. The van der Waals surface area contributed by atoms with Crippen LogP contribution in [0.15, 0.2) is 23.1 Å². The molecule has 2 nitrogen and oxygen atoms in total. The van der Waals surface area contributed by atoms with Gasteiger partial charge in [-0.1, -0.05) is 6.42 Å². The average molecular weight is 255 g/mol. The molecule has 0 spiro atoms. The van der Waals surface area contributed by atoms with E-state index in [2.05, 4.69) is 6.07 Å². The second-order valence-electron chi connectivity index (χ2n) is 4.08. The fraction of sp³-hybridized carbons (Fsp3) is 0.417. The van der Waals surface area contributed by atoms with Crippen LogP contribution < -0.4 is 0 Å². The molecule has 0 radical (unpaired) electrons. The molecule has 0 aromatic heterocycles. The van der Waals surface area contributed by atoms with Gasteiger partial charge in [0.25, 0.3) is 0 Å². The maximum absolute atomic E-state index is 13.5. The van der Waals surface area contributed by atoms with Gasteiger partial charge in [-0.25, -0.2) is 8.78 Å². The van der Waals surface area contributed by atoms with Gasteiger partial charge in [0.2, 0.25) is 0 Å². The second kappa shape index (κ2) is 4.92. The van der Waals surface area contributed by atoms with E-state index in [0.717, 1.165) is 18.6 Å². The van der Waals surface area contributed by atoms with Crippen molar-refractivity contribution in [3.63, 3.8) is 0 Å². The van der Waals surface area contributed by atoms with Crippen molar-refractivity contribution in [3.8, 4) is 6.07 Å². The van der Waals surface area contributed by atoms with Gasteiger partial charge in [-0.15, -0.1) is 0 Å². The highest BCUT2D eigenvalue weighted by Crippen LogP contribution is 2.32. The summed E-state index contributed by atoms with van der Waals surface area (Å²) >= 11 is 0. The lowest BCUT2D eigenvalue weighted by Crippen LogP contribution is -2.20. The summed E-state index contributed by atoms with van der Waals surface area (Å²) in [6.45, 7) is 0. The summed E-state index contributed by atoms with van der Waals surface area (Å²) in [5.74, 6) is -1.78. The smallest absolute Gasteiger partial charge is 0.142 e.